The van der Waals surface area contributed by atoms with Crippen LogP contribution in [0.2, 0.25) is 10.0 Å². The van der Waals surface area contributed by atoms with E-state index in [0.29, 0.717) is 68.7 Å². The lowest BCUT2D eigenvalue weighted by atomic mass is 9.80. The Balaban J connectivity index is 0.941. The third-order valence-electron chi connectivity index (χ3n) is 11.7. The number of aliphatic carboxylic acids is 1. The number of aliphatic hydroxyl groups is 1. The minimum atomic E-state index is -0.667. The zero-order valence-corrected chi connectivity index (χ0v) is 32.9. The summed E-state index contributed by atoms with van der Waals surface area (Å²) in [6.45, 7) is 4.76. The van der Waals surface area contributed by atoms with Crippen LogP contribution in [0.3, 0.4) is 0 Å². The molecule has 292 valence electrons. The van der Waals surface area contributed by atoms with E-state index in [1.54, 1.807) is 12.3 Å². The van der Waals surface area contributed by atoms with Crippen molar-refractivity contribution in [3.8, 4) is 11.1 Å². The molecule has 2 fully saturated rings. The number of anilines is 3. The lowest BCUT2D eigenvalue weighted by Crippen LogP contribution is -2.33. The van der Waals surface area contributed by atoms with Gasteiger partial charge in [0.1, 0.15) is 5.52 Å². The number of nitrogens with zero attached hydrogens (tertiary/aromatic N) is 6. The van der Waals surface area contributed by atoms with Crippen molar-refractivity contribution in [2.75, 3.05) is 36.8 Å². The quantitative estimate of drug-likeness (QED) is 0.106. The number of carboxylic acids is 1. The standard InChI is InChI=1S/C42H46Cl2N8O4/c1-50-35-15-19-51(17-13-25-8-10-27(11-9-25)42(55)56)24-34(35)48-40(50)41(54)49-33-7-3-5-31(37(33)44)30-4-2-6-32(36(30)43)47-39-38-28(12-16-45-39)20-26(21-46-38)22-52-18-14-29(53)23-52/h2-7,12,16,20-21,25,27,29,53H,8-11,13-15,17-19,22-24H2,1H3,(H,45,47)(H,49,54)(H,55,56)/t25-,27-,29-/m1/s1. The Labute approximate surface area is 335 Å². The number of nitrogens with one attached hydrogen (secondary N) is 2. The highest BCUT2D eigenvalue weighted by Gasteiger charge is 2.29. The summed E-state index contributed by atoms with van der Waals surface area (Å²) in [5.74, 6) is 0.242. The first-order valence-corrected chi connectivity index (χ1v) is 20.2. The minimum Gasteiger partial charge on any atom is -0.481 e. The second-order valence-corrected chi connectivity index (χ2v) is 16.2. The summed E-state index contributed by atoms with van der Waals surface area (Å²) < 4.78 is 1.88. The van der Waals surface area contributed by atoms with Crippen LogP contribution in [-0.2, 0) is 31.4 Å². The fraction of sp³-hybridized carbons (Fsp3) is 0.405. The SMILES string of the molecule is Cn1c(C(=O)Nc2cccc(-c3cccc(Nc4nccc5cc(CN6CC[C@@H](O)C6)cnc45)c3Cl)c2Cl)nc2c1CCN(CC[C@H]1CC[C@H](C(=O)O)CC1)C2. The van der Waals surface area contributed by atoms with Crippen molar-refractivity contribution >= 4 is 63.2 Å². The summed E-state index contributed by atoms with van der Waals surface area (Å²) in [5.41, 5.74) is 6.17. The Hall–Kier alpha value is -4.59. The zero-order valence-electron chi connectivity index (χ0n) is 31.3. The van der Waals surface area contributed by atoms with Gasteiger partial charge in [-0.2, -0.15) is 0 Å². The summed E-state index contributed by atoms with van der Waals surface area (Å²) in [6.07, 6.45) is 9.43. The highest BCUT2D eigenvalue weighted by atomic mass is 35.5. The second kappa shape index (κ2) is 16.5. The molecule has 1 atom stereocenters. The molecule has 0 spiro atoms. The topological polar surface area (TPSA) is 149 Å². The van der Waals surface area contributed by atoms with E-state index in [0.717, 1.165) is 93.5 Å². The Bertz CT molecular complexity index is 2270. The number of aromatic nitrogens is 4. The summed E-state index contributed by atoms with van der Waals surface area (Å²) in [6, 6.07) is 15.1. The first kappa shape index (κ1) is 38.3. The van der Waals surface area contributed by atoms with Gasteiger partial charge in [-0.3, -0.25) is 24.4 Å². The maximum absolute atomic E-state index is 13.7. The van der Waals surface area contributed by atoms with Gasteiger partial charge in [0.2, 0.25) is 0 Å². The number of benzene rings is 2. The largest absolute Gasteiger partial charge is 0.481 e. The van der Waals surface area contributed by atoms with E-state index in [4.69, 9.17) is 33.2 Å². The maximum Gasteiger partial charge on any atom is 0.306 e. The molecule has 0 unspecified atom stereocenters. The molecule has 4 N–H and O–H groups in total. The average molecular weight is 798 g/mol. The van der Waals surface area contributed by atoms with Gasteiger partial charge in [0.15, 0.2) is 11.6 Å². The zero-order chi connectivity index (χ0) is 38.9. The molecule has 12 nitrogen and oxygen atoms in total. The van der Waals surface area contributed by atoms with Crippen LogP contribution in [0.5, 0.6) is 0 Å². The van der Waals surface area contributed by atoms with E-state index >= 15 is 0 Å². The highest BCUT2D eigenvalue weighted by Crippen LogP contribution is 2.41. The Kier molecular flexibility index (Phi) is 11.3. The molecule has 1 saturated heterocycles. The van der Waals surface area contributed by atoms with Crippen LogP contribution in [0.25, 0.3) is 22.0 Å². The number of halogens is 2. The van der Waals surface area contributed by atoms with Crippen LogP contribution in [0.1, 0.15) is 66.1 Å². The second-order valence-electron chi connectivity index (χ2n) is 15.4. The summed E-state index contributed by atoms with van der Waals surface area (Å²) in [5, 5.41) is 27.4. The molecule has 5 heterocycles. The van der Waals surface area contributed by atoms with Crippen molar-refractivity contribution in [2.24, 2.45) is 18.9 Å². The molecule has 0 bridgehead atoms. The minimum absolute atomic E-state index is 0.194. The van der Waals surface area contributed by atoms with Gasteiger partial charge in [0.25, 0.3) is 5.91 Å². The smallest absolute Gasteiger partial charge is 0.306 e. The molecule has 8 rings (SSSR count). The van der Waals surface area contributed by atoms with Gasteiger partial charge in [-0.25, -0.2) is 9.97 Å². The van der Waals surface area contributed by atoms with E-state index in [-0.39, 0.29) is 17.9 Å². The molecule has 2 aliphatic heterocycles. The number of hydrogen-bond donors (Lipinski definition) is 4. The van der Waals surface area contributed by atoms with E-state index in [9.17, 15) is 19.8 Å². The molecule has 1 aliphatic carbocycles. The normalized spacial score (nSPS) is 20.2. The molecule has 3 aliphatic rings. The number of carbonyl (C=O) groups is 2. The van der Waals surface area contributed by atoms with Gasteiger partial charge in [-0.1, -0.05) is 47.5 Å². The van der Waals surface area contributed by atoms with Gasteiger partial charge >= 0.3 is 5.97 Å². The molecule has 1 amide bonds. The van der Waals surface area contributed by atoms with E-state index < -0.39 is 5.97 Å². The third-order valence-corrected chi connectivity index (χ3v) is 12.5. The fourth-order valence-electron chi connectivity index (χ4n) is 8.52. The van der Waals surface area contributed by atoms with Crippen molar-refractivity contribution in [3.63, 3.8) is 0 Å². The predicted octanol–water partition coefficient (Wildman–Crippen LogP) is 7.54. The molecule has 2 aromatic carbocycles. The molecule has 3 aromatic heterocycles. The first-order valence-electron chi connectivity index (χ1n) is 19.4. The molecule has 5 aromatic rings. The number of aliphatic hydroxyl groups excluding tert-OH is 1. The molecule has 56 heavy (non-hydrogen) atoms. The van der Waals surface area contributed by atoms with Gasteiger partial charge in [-0.15, -0.1) is 0 Å². The molecular formula is C42H46Cl2N8O4. The number of rotatable bonds is 11. The highest BCUT2D eigenvalue weighted by molar-refractivity contribution is 6.39. The molecule has 14 heteroatoms. The molecular weight excluding hydrogens is 751 g/mol. The number of fused-ring (bicyclic) bond motifs is 2. The van der Waals surface area contributed by atoms with Crippen molar-refractivity contribution < 1.29 is 19.8 Å². The monoisotopic (exact) mass is 796 g/mol. The molecule has 1 saturated carbocycles. The number of likely N-dealkylation sites (tertiary alicyclic amines) is 1. The number of β-amino-alcohol motifs (C(OH)–C–C–N with tert-alkyl or cyclic N) is 1. The average Bonchev–Trinajstić information content (AvgIpc) is 3.76. The Morgan fingerprint density at radius 1 is 0.929 bits per heavy atom. The number of hydrogen-bond acceptors (Lipinski definition) is 9. The summed E-state index contributed by atoms with van der Waals surface area (Å²) >= 11 is 14.1. The van der Waals surface area contributed by atoms with Gasteiger partial charge < -0.3 is 25.4 Å². The van der Waals surface area contributed by atoms with E-state index in [1.807, 2.05) is 54.2 Å². The van der Waals surface area contributed by atoms with E-state index in [1.165, 1.54) is 0 Å². The Morgan fingerprint density at radius 3 is 2.41 bits per heavy atom. The molecule has 0 radical (unpaired) electrons. The number of pyridine rings is 2. The maximum atomic E-state index is 13.7. The Morgan fingerprint density at radius 2 is 1.68 bits per heavy atom. The first-order chi connectivity index (χ1) is 27.1. The number of carboxylic acid groups (broad SMARTS) is 1. The van der Waals surface area contributed by atoms with Crippen molar-refractivity contribution in [1.29, 1.82) is 0 Å². The van der Waals surface area contributed by atoms with Crippen molar-refractivity contribution in [2.45, 2.75) is 64.1 Å². The van der Waals surface area contributed by atoms with Crippen LogP contribution in [-0.4, -0.2) is 83.7 Å². The van der Waals surface area contributed by atoms with Crippen molar-refractivity contribution in [1.82, 2.24) is 29.3 Å². The lowest BCUT2D eigenvalue weighted by Gasteiger charge is -2.30. The third kappa shape index (κ3) is 8.12. The summed E-state index contributed by atoms with van der Waals surface area (Å²) in [7, 11) is 1.88. The van der Waals surface area contributed by atoms with Crippen LogP contribution >= 0.6 is 23.2 Å². The number of carbonyl (C=O) groups excluding carboxylic acids is 1. The van der Waals surface area contributed by atoms with Gasteiger partial charge in [-0.05, 0) is 80.8 Å². The van der Waals surface area contributed by atoms with Crippen molar-refractivity contribution in [3.05, 3.63) is 93.7 Å². The van der Waals surface area contributed by atoms with E-state index in [2.05, 4.69) is 31.5 Å². The van der Waals surface area contributed by atoms with Crippen LogP contribution in [0.15, 0.2) is 60.9 Å². The fourth-order valence-corrected chi connectivity index (χ4v) is 9.07. The predicted molar refractivity (Wildman–Crippen MR) is 218 cm³/mol. The lowest BCUT2D eigenvalue weighted by molar-refractivity contribution is -0.143. The van der Waals surface area contributed by atoms with Gasteiger partial charge in [0, 0.05) is 80.8 Å². The summed E-state index contributed by atoms with van der Waals surface area (Å²) in [4.78, 5) is 43.8. The van der Waals surface area contributed by atoms with Crippen LogP contribution < -0.4 is 10.6 Å². The number of amides is 1. The van der Waals surface area contributed by atoms with Gasteiger partial charge in [0.05, 0.1) is 39.1 Å². The van der Waals surface area contributed by atoms with Crippen LogP contribution in [0, 0.1) is 11.8 Å². The van der Waals surface area contributed by atoms with Crippen LogP contribution in [0.4, 0.5) is 17.2 Å². The number of imidazole rings is 1.